The van der Waals surface area contributed by atoms with E-state index in [0.717, 1.165) is 57.8 Å². The molecule has 0 saturated carbocycles. The fourth-order valence-electron chi connectivity index (χ4n) is 10.6. The van der Waals surface area contributed by atoms with E-state index < -0.39 is 12.1 Å². The fourth-order valence-corrected chi connectivity index (χ4v) is 10.6. The number of allylic oxidation sites excluding steroid dienone is 8. The van der Waals surface area contributed by atoms with Crippen molar-refractivity contribution in [2.24, 2.45) is 0 Å². The van der Waals surface area contributed by atoms with Crippen LogP contribution in [0.1, 0.15) is 367 Å². The second-order valence-corrected chi connectivity index (χ2v) is 23.5. The van der Waals surface area contributed by atoms with Crippen LogP contribution < -0.4 is 5.32 Å². The Morgan fingerprint density at radius 2 is 0.649 bits per heavy atom. The lowest BCUT2D eigenvalue weighted by atomic mass is 10.0. The summed E-state index contributed by atoms with van der Waals surface area (Å²) in [4.78, 5) is 24.6. The van der Waals surface area contributed by atoms with E-state index in [1.165, 1.54) is 276 Å². The quantitative estimate of drug-likeness (QED) is 0.0320. The molecule has 0 aliphatic carbocycles. The molecule has 0 fully saturated rings. The average Bonchev–Trinajstić information content (AvgIpc) is 3.43. The zero-order valence-corrected chi connectivity index (χ0v) is 51.7. The Hall–Kier alpha value is -2.18. The predicted octanol–water partition coefficient (Wildman–Crippen LogP) is 22.1. The summed E-state index contributed by atoms with van der Waals surface area (Å²) in [6.07, 6.45) is 85.7. The molecular formula is C71H133NO5. The highest BCUT2D eigenvalue weighted by molar-refractivity contribution is 5.76. The molecule has 0 saturated heterocycles. The number of unbranched alkanes of at least 4 members (excludes halogenated alkanes) is 45. The van der Waals surface area contributed by atoms with Crippen LogP contribution in [-0.4, -0.2) is 47.4 Å². The lowest BCUT2D eigenvalue weighted by molar-refractivity contribution is -0.143. The molecule has 0 rings (SSSR count). The molecule has 6 heteroatoms. The van der Waals surface area contributed by atoms with Gasteiger partial charge in [-0.3, -0.25) is 9.59 Å². The van der Waals surface area contributed by atoms with Gasteiger partial charge in [0.2, 0.25) is 5.91 Å². The summed E-state index contributed by atoms with van der Waals surface area (Å²) >= 11 is 0. The standard InChI is InChI=1S/C71H133NO5/c1-3-5-7-9-11-13-15-17-19-21-29-32-35-39-43-47-51-55-59-63-69(74)68(67-73)72-70(75)64-60-56-52-48-44-40-36-33-30-27-25-23-22-24-26-28-31-34-38-42-46-50-54-58-62-66-77-71(76)65-61-57-53-49-45-41-37-20-18-16-14-12-10-8-6-4-2/h14,16,20,23-26,37,68-69,73-74H,3-13,15,17-19,21-22,27-36,38-67H2,1-2H3,(H,72,75)/b16-14-,25-23-,26-24-,37-20-. The highest BCUT2D eigenvalue weighted by Crippen LogP contribution is 2.18. The summed E-state index contributed by atoms with van der Waals surface area (Å²) in [7, 11) is 0. The number of hydrogen-bond acceptors (Lipinski definition) is 5. The van der Waals surface area contributed by atoms with Crippen LogP contribution in [0.25, 0.3) is 0 Å². The summed E-state index contributed by atoms with van der Waals surface area (Å²) in [6, 6.07) is -0.548. The van der Waals surface area contributed by atoms with E-state index in [1.54, 1.807) is 0 Å². The smallest absolute Gasteiger partial charge is 0.305 e. The van der Waals surface area contributed by atoms with Gasteiger partial charge in [0.1, 0.15) is 0 Å². The lowest BCUT2D eigenvalue weighted by Crippen LogP contribution is -2.45. The second kappa shape index (κ2) is 66.3. The number of aliphatic hydroxyl groups excluding tert-OH is 2. The van der Waals surface area contributed by atoms with Crippen LogP contribution >= 0.6 is 0 Å². The Labute approximate surface area is 480 Å². The Morgan fingerprint density at radius 3 is 1.00 bits per heavy atom. The zero-order chi connectivity index (χ0) is 55.7. The number of ether oxygens (including phenoxy) is 1. The van der Waals surface area contributed by atoms with Gasteiger partial charge in [-0.2, -0.15) is 0 Å². The first-order valence-corrected chi connectivity index (χ1v) is 34.4. The number of nitrogens with one attached hydrogen (secondary N) is 1. The third kappa shape index (κ3) is 62.9. The number of esters is 1. The fraction of sp³-hybridized carbons (Fsp3) is 0.859. The van der Waals surface area contributed by atoms with Gasteiger partial charge in [0.25, 0.3) is 0 Å². The van der Waals surface area contributed by atoms with Gasteiger partial charge in [-0.15, -0.1) is 0 Å². The third-order valence-electron chi connectivity index (χ3n) is 15.9. The molecule has 0 aromatic carbocycles. The van der Waals surface area contributed by atoms with Crippen molar-refractivity contribution >= 4 is 11.9 Å². The Bertz CT molecular complexity index is 1290. The Kier molecular flexibility index (Phi) is 64.5. The van der Waals surface area contributed by atoms with Crippen molar-refractivity contribution in [3.05, 3.63) is 48.6 Å². The van der Waals surface area contributed by atoms with Crippen molar-refractivity contribution in [1.82, 2.24) is 5.32 Å². The van der Waals surface area contributed by atoms with Crippen molar-refractivity contribution in [3.8, 4) is 0 Å². The first-order chi connectivity index (χ1) is 38.0. The number of aliphatic hydroxyl groups is 2. The van der Waals surface area contributed by atoms with Gasteiger partial charge in [0, 0.05) is 12.8 Å². The molecule has 0 spiro atoms. The minimum Gasteiger partial charge on any atom is -0.466 e. The van der Waals surface area contributed by atoms with Gasteiger partial charge >= 0.3 is 5.97 Å². The molecule has 2 unspecified atom stereocenters. The van der Waals surface area contributed by atoms with E-state index in [1.807, 2.05) is 0 Å². The van der Waals surface area contributed by atoms with Gasteiger partial charge < -0.3 is 20.3 Å². The van der Waals surface area contributed by atoms with E-state index >= 15 is 0 Å². The molecule has 0 aromatic heterocycles. The van der Waals surface area contributed by atoms with Crippen molar-refractivity contribution in [2.75, 3.05) is 13.2 Å². The van der Waals surface area contributed by atoms with E-state index in [9.17, 15) is 19.8 Å². The van der Waals surface area contributed by atoms with Crippen LogP contribution in [0.3, 0.4) is 0 Å². The van der Waals surface area contributed by atoms with E-state index in [2.05, 4.69) is 67.8 Å². The molecule has 6 nitrogen and oxygen atoms in total. The maximum atomic E-state index is 12.5. The monoisotopic (exact) mass is 1080 g/mol. The summed E-state index contributed by atoms with van der Waals surface area (Å²) in [5.41, 5.74) is 0. The first kappa shape index (κ1) is 74.8. The van der Waals surface area contributed by atoms with Gasteiger partial charge in [-0.25, -0.2) is 0 Å². The topological polar surface area (TPSA) is 95.9 Å². The minimum atomic E-state index is -0.670. The van der Waals surface area contributed by atoms with Gasteiger partial charge in [-0.1, -0.05) is 313 Å². The number of amides is 1. The maximum Gasteiger partial charge on any atom is 0.305 e. The van der Waals surface area contributed by atoms with Crippen LogP contribution in [0.5, 0.6) is 0 Å². The first-order valence-electron chi connectivity index (χ1n) is 34.4. The highest BCUT2D eigenvalue weighted by atomic mass is 16.5. The number of rotatable bonds is 64. The van der Waals surface area contributed by atoms with Crippen molar-refractivity contribution in [1.29, 1.82) is 0 Å². The van der Waals surface area contributed by atoms with Crippen molar-refractivity contribution in [2.45, 2.75) is 379 Å². The average molecular weight is 1080 g/mol. The normalized spacial score (nSPS) is 12.8. The predicted molar refractivity (Wildman–Crippen MR) is 338 cm³/mol. The van der Waals surface area contributed by atoms with Gasteiger partial charge in [-0.05, 0) is 89.9 Å². The number of carbonyl (C=O) groups excluding carboxylic acids is 2. The molecule has 2 atom stereocenters. The van der Waals surface area contributed by atoms with Crippen LogP contribution in [0.4, 0.5) is 0 Å². The summed E-state index contributed by atoms with van der Waals surface area (Å²) in [5.74, 6) is -0.0429. The van der Waals surface area contributed by atoms with E-state index in [0.29, 0.717) is 25.9 Å². The van der Waals surface area contributed by atoms with Gasteiger partial charge in [0.15, 0.2) is 0 Å². The molecule has 0 heterocycles. The van der Waals surface area contributed by atoms with Crippen LogP contribution in [-0.2, 0) is 14.3 Å². The Balaban J connectivity index is 3.44. The lowest BCUT2D eigenvalue weighted by Gasteiger charge is -2.22. The summed E-state index contributed by atoms with van der Waals surface area (Å²) < 4.78 is 5.48. The molecule has 0 aliphatic rings. The van der Waals surface area contributed by atoms with Crippen LogP contribution in [0.15, 0.2) is 48.6 Å². The van der Waals surface area contributed by atoms with Crippen LogP contribution in [0.2, 0.25) is 0 Å². The highest BCUT2D eigenvalue weighted by Gasteiger charge is 2.20. The van der Waals surface area contributed by atoms with Crippen molar-refractivity contribution < 1.29 is 24.5 Å². The molecular weight excluding hydrogens is 947 g/mol. The molecule has 77 heavy (non-hydrogen) atoms. The third-order valence-corrected chi connectivity index (χ3v) is 15.9. The van der Waals surface area contributed by atoms with Crippen LogP contribution in [0, 0.1) is 0 Å². The molecule has 1 amide bonds. The maximum absolute atomic E-state index is 12.5. The molecule has 0 radical (unpaired) electrons. The van der Waals surface area contributed by atoms with Crippen molar-refractivity contribution in [3.63, 3.8) is 0 Å². The zero-order valence-electron chi connectivity index (χ0n) is 51.7. The molecule has 452 valence electrons. The van der Waals surface area contributed by atoms with Gasteiger partial charge in [0.05, 0.1) is 25.4 Å². The largest absolute Gasteiger partial charge is 0.466 e. The number of carbonyl (C=O) groups is 2. The molecule has 0 aliphatic heterocycles. The second-order valence-electron chi connectivity index (χ2n) is 23.5. The molecule has 0 aromatic rings. The number of hydrogen-bond donors (Lipinski definition) is 3. The Morgan fingerprint density at radius 1 is 0.364 bits per heavy atom. The van der Waals surface area contributed by atoms with E-state index in [-0.39, 0.29) is 18.5 Å². The minimum absolute atomic E-state index is 0.00430. The summed E-state index contributed by atoms with van der Waals surface area (Å²) in [5, 5.41) is 23.4. The molecule has 0 bridgehead atoms. The molecule has 3 N–H and O–H groups in total. The van der Waals surface area contributed by atoms with E-state index in [4.69, 9.17) is 4.74 Å². The summed E-state index contributed by atoms with van der Waals surface area (Å²) in [6.45, 7) is 4.95. The SMILES string of the molecule is CCCCCC/C=C\C/C=C\CCCCCCCC(=O)OCCCCCCCCCCC/C=C\C/C=C\CCCCCCCCCCCC(=O)NC(CO)C(O)CCCCCCCCCCCCCCCCCCCCC.